The van der Waals surface area contributed by atoms with Crippen LogP contribution in [0.3, 0.4) is 0 Å². The summed E-state index contributed by atoms with van der Waals surface area (Å²) >= 11 is 0. The Labute approximate surface area is 107 Å². The number of rotatable bonds is 6. The molecule has 1 aromatic rings. The van der Waals surface area contributed by atoms with Crippen LogP contribution in [0.25, 0.3) is 0 Å². The monoisotopic (exact) mass is 253 g/mol. The van der Waals surface area contributed by atoms with E-state index in [2.05, 4.69) is 9.97 Å². The fourth-order valence-corrected chi connectivity index (χ4v) is 1.33. The van der Waals surface area contributed by atoms with Gasteiger partial charge in [-0.1, -0.05) is 0 Å². The first-order chi connectivity index (χ1) is 8.52. The molecule has 100 valence electrons. The summed E-state index contributed by atoms with van der Waals surface area (Å²) in [5.74, 6) is 0.823. The molecule has 0 unspecified atom stereocenters. The number of ether oxygens (including phenoxy) is 2. The van der Waals surface area contributed by atoms with Crippen LogP contribution in [-0.4, -0.2) is 42.2 Å². The molecule has 0 aliphatic rings. The van der Waals surface area contributed by atoms with E-state index in [1.165, 1.54) is 6.33 Å². The van der Waals surface area contributed by atoms with Gasteiger partial charge in [-0.05, 0) is 20.8 Å². The molecule has 6 heteroatoms. The third kappa shape index (κ3) is 4.57. The molecule has 6 nitrogen and oxygen atoms in total. The quantitative estimate of drug-likeness (QED) is 0.711. The lowest BCUT2D eigenvalue weighted by atomic mass is 10.4. The van der Waals surface area contributed by atoms with Crippen LogP contribution in [0.2, 0.25) is 0 Å². The molecule has 0 fully saturated rings. The van der Waals surface area contributed by atoms with Gasteiger partial charge < -0.3 is 14.4 Å². The Bertz CT molecular complexity index is 396. The molecule has 0 radical (unpaired) electrons. The molecule has 1 aromatic heterocycles. The second-order valence-corrected chi connectivity index (χ2v) is 4.04. The number of hydrogen-bond acceptors (Lipinski definition) is 6. The fraction of sp³-hybridized carbons (Fsp3) is 0.583. The summed E-state index contributed by atoms with van der Waals surface area (Å²) in [6.45, 7) is 6.13. The molecule has 0 N–H and O–H groups in total. The van der Waals surface area contributed by atoms with Gasteiger partial charge in [-0.15, -0.1) is 0 Å². The Kier molecular flexibility index (Phi) is 5.35. The van der Waals surface area contributed by atoms with E-state index in [1.54, 1.807) is 24.9 Å². The van der Waals surface area contributed by atoms with E-state index in [1.807, 2.05) is 13.8 Å². The first kappa shape index (κ1) is 14.2. The molecule has 0 saturated carbocycles. The van der Waals surface area contributed by atoms with Gasteiger partial charge in [0.15, 0.2) is 0 Å². The zero-order chi connectivity index (χ0) is 13.5. The number of nitrogens with zero attached hydrogens (tertiary/aromatic N) is 3. The SMILES string of the molecule is CCOC(=O)CN(C)c1cc(OC(C)C)ncn1. The van der Waals surface area contributed by atoms with E-state index in [-0.39, 0.29) is 18.6 Å². The lowest BCUT2D eigenvalue weighted by Gasteiger charge is -2.17. The van der Waals surface area contributed by atoms with Crippen LogP contribution in [0.5, 0.6) is 5.88 Å². The standard InChI is InChI=1S/C12H19N3O3/c1-5-17-12(16)7-15(4)10-6-11(14-8-13-10)18-9(2)3/h6,8-9H,5,7H2,1-4H3. The predicted octanol–water partition coefficient (Wildman–Crippen LogP) is 1.26. The average molecular weight is 253 g/mol. The Balaban J connectivity index is 2.67. The van der Waals surface area contributed by atoms with E-state index >= 15 is 0 Å². The Morgan fingerprint density at radius 1 is 1.44 bits per heavy atom. The molecule has 0 aliphatic carbocycles. The lowest BCUT2D eigenvalue weighted by Crippen LogP contribution is -2.27. The molecular formula is C12H19N3O3. The van der Waals surface area contributed by atoms with Crippen molar-refractivity contribution in [1.82, 2.24) is 9.97 Å². The van der Waals surface area contributed by atoms with Gasteiger partial charge in [-0.2, -0.15) is 0 Å². The zero-order valence-corrected chi connectivity index (χ0v) is 11.2. The van der Waals surface area contributed by atoms with Crippen molar-refractivity contribution in [1.29, 1.82) is 0 Å². The number of esters is 1. The highest BCUT2D eigenvalue weighted by molar-refractivity contribution is 5.75. The van der Waals surface area contributed by atoms with E-state index in [9.17, 15) is 4.79 Å². The number of anilines is 1. The molecular weight excluding hydrogens is 234 g/mol. The van der Waals surface area contributed by atoms with Gasteiger partial charge in [0.1, 0.15) is 18.7 Å². The summed E-state index contributed by atoms with van der Waals surface area (Å²) in [6, 6.07) is 1.69. The molecule has 0 atom stereocenters. The molecule has 1 rings (SSSR count). The third-order valence-electron chi connectivity index (χ3n) is 2.05. The second kappa shape index (κ2) is 6.78. The largest absolute Gasteiger partial charge is 0.475 e. The van der Waals surface area contributed by atoms with Gasteiger partial charge in [-0.25, -0.2) is 9.97 Å². The summed E-state index contributed by atoms with van der Waals surface area (Å²) in [6.07, 6.45) is 1.46. The highest BCUT2D eigenvalue weighted by Crippen LogP contribution is 2.15. The maximum Gasteiger partial charge on any atom is 0.325 e. The number of hydrogen-bond donors (Lipinski definition) is 0. The minimum Gasteiger partial charge on any atom is -0.475 e. The Hall–Kier alpha value is -1.85. The smallest absolute Gasteiger partial charge is 0.325 e. The minimum absolute atomic E-state index is 0.0445. The minimum atomic E-state index is -0.287. The van der Waals surface area contributed by atoms with Gasteiger partial charge in [0.25, 0.3) is 0 Å². The van der Waals surface area contributed by atoms with Crippen molar-refractivity contribution in [2.45, 2.75) is 26.9 Å². The summed E-state index contributed by atoms with van der Waals surface area (Å²) in [7, 11) is 1.76. The van der Waals surface area contributed by atoms with Crippen molar-refractivity contribution in [3.05, 3.63) is 12.4 Å². The Morgan fingerprint density at radius 3 is 2.78 bits per heavy atom. The molecule has 0 spiro atoms. The number of aromatic nitrogens is 2. The lowest BCUT2D eigenvalue weighted by molar-refractivity contribution is -0.141. The van der Waals surface area contributed by atoms with Crippen molar-refractivity contribution in [2.24, 2.45) is 0 Å². The van der Waals surface area contributed by atoms with Crippen LogP contribution in [0.1, 0.15) is 20.8 Å². The van der Waals surface area contributed by atoms with E-state index in [0.717, 1.165) is 0 Å². The van der Waals surface area contributed by atoms with E-state index < -0.39 is 0 Å². The summed E-state index contributed by atoms with van der Waals surface area (Å²) in [4.78, 5) is 21.1. The van der Waals surface area contributed by atoms with Crippen molar-refractivity contribution in [3.8, 4) is 5.88 Å². The van der Waals surface area contributed by atoms with Crippen LogP contribution in [-0.2, 0) is 9.53 Å². The summed E-state index contributed by atoms with van der Waals surface area (Å²) in [5.41, 5.74) is 0. The van der Waals surface area contributed by atoms with Crippen molar-refractivity contribution in [3.63, 3.8) is 0 Å². The van der Waals surface area contributed by atoms with Crippen LogP contribution >= 0.6 is 0 Å². The van der Waals surface area contributed by atoms with E-state index in [4.69, 9.17) is 9.47 Å². The molecule has 0 aliphatic heterocycles. The highest BCUT2D eigenvalue weighted by atomic mass is 16.5. The van der Waals surface area contributed by atoms with Crippen LogP contribution in [0, 0.1) is 0 Å². The van der Waals surface area contributed by atoms with Gasteiger partial charge in [0.2, 0.25) is 5.88 Å². The molecule has 0 aromatic carbocycles. The van der Waals surface area contributed by atoms with Crippen LogP contribution in [0.4, 0.5) is 5.82 Å². The maximum atomic E-state index is 11.4. The predicted molar refractivity (Wildman–Crippen MR) is 67.7 cm³/mol. The van der Waals surface area contributed by atoms with E-state index in [0.29, 0.717) is 18.3 Å². The first-order valence-electron chi connectivity index (χ1n) is 5.88. The van der Waals surface area contributed by atoms with Gasteiger partial charge >= 0.3 is 5.97 Å². The molecule has 0 amide bonds. The average Bonchev–Trinajstić information content (AvgIpc) is 2.28. The summed E-state index contributed by atoms with van der Waals surface area (Å²) in [5, 5.41) is 0. The fourth-order valence-electron chi connectivity index (χ4n) is 1.33. The third-order valence-corrected chi connectivity index (χ3v) is 2.05. The van der Waals surface area contributed by atoms with Gasteiger partial charge in [-0.3, -0.25) is 4.79 Å². The topological polar surface area (TPSA) is 64.5 Å². The van der Waals surface area contributed by atoms with Gasteiger partial charge in [0, 0.05) is 13.1 Å². The molecule has 1 heterocycles. The van der Waals surface area contributed by atoms with Crippen LogP contribution < -0.4 is 9.64 Å². The maximum absolute atomic E-state index is 11.4. The molecule has 0 bridgehead atoms. The van der Waals surface area contributed by atoms with Crippen molar-refractivity contribution in [2.75, 3.05) is 25.1 Å². The molecule has 18 heavy (non-hydrogen) atoms. The first-order valence-corrected chi connectivity index (χ1v) is 5.88. The Morgan fingerprint density at radius 2 is 2.17 bits per heavy atom. The second-order valence-electron chi connectivity index (χ2n) is 4.04. The van der Waals surface area contributed by atoms with Crippen molar-refractivity contribution < 1.29 is 14.3 Å². The summed E-state index contributed by atoms with van der Waals surface area (Å²) < 4.78 is 10.3. The number of carbonyl (C=O) groups excluding carboxylic acids is 1. The van der Waals surface area contributed by atoms with Crippen molar-refractivity contribution >= 4 is 11.8 Å². The van der Waals surface area contributed by atoms with Gasteiger partial charge in [0.05, 0.1) is 12.7 Å². The van der Waals surface area contributed by atoms with Crippen LogP contribution in [0.15, 0.2) is 12.4 Å². The molecule has 0 saturated heterocycles. The highest BCUT2D eigenvalue weighted by Gasteiger charge is 2.10. The number of likely N-dealkylation sites (N-methyl/N-ethyl adjacent to an activating group) is 1. The number of carbonyl (C=O) groups is 1. The normalized spacial score (nSPS) is 10.3. The zero-order valence-electron chi connectivity index (χ0n) is 11.2.